The highest BCUT2D eigenvalue weighted by molar-refractivity contribution is 5.85. The highest BCUT2D eigenvalue weighted by Gasteiger charge is 2.58. The Morgan fingerprint density at radius 1 is 1.53 bits per heavy atom. The molecule has 102 valence electrons. The third-order valence-corrected chi connectivity index (χ3v) is 5.16. The Kier molecular flexibility index (Phi) is 2.68. The van der Waals surface area contributed by atoms with Crippen molar-refractivity contribution in [1.29, 1.82) is 5.26 Å². The summed E-state index contributed by atoms with van der Waals surface area (Å²) in [6.45, 7) is 3.37. The number of halogens is 1. The van der Waals surface area contributed by atoms with Crippen LogP contribution in [0.3, 0.4) is 0 Å². The third kappa shape index (κ3) is 1.63. The molecule has 0 aromatic rings. The lowest BCUT2D eigenvalue weighted by Crippen LogP contribution is -2.57. The van der Waals surface area contributed by atoms with E-state index < -0.39 is 17.3 Å². The molecule has 1 saturated heterocycles. The van der Waals surface area contributed by atoms with Gasteiger partial charge in [-0.1, -0.05) is 13.0 Å². The second-order valence-corrected chi connectivity index (χ2v) is 6.08. The van der Waals surface area contributed by atoms with E-state index >= 15 is 0 Å². The van der Waals surface area contributed by atoms with E-state index in [1.807, 2.05) is 0 Å². The second kappa shape index (κ2) is 4.04. The summed E-state index contributed by atoms with van der Waals surface area (Å²) in [5, 5.41) is 9.11. The van der Waals surface area contributed by atoms with Gasteiger partial charge in [0, 0.05) is 11.5 Å². The molecular weight excluding hydrogens is 245 g/mol. The van der Waals surface area contributed by atoms with Crippen molar-refractivity contribution < 1.29 is 9.18 Å². The first-order valence-corrected chi connectivity index (χ1v) is 6.83. The van der Waals surface area contributed by atoms with Crippen LogP contribution in [0.5, 0.6) is 0 Å². The number of likely N-dealkylation sites (tertiary alicyclic amines) is 1. The molecule has 0 aromatic heterocycles. The van der Waals surface area contributed by atoms with Gasteiger partial charge in [0.15, 0.2) is 0 Å². The highest BCUT2D eigenvalue weighted by Crippen LogP contribution is 2.52. The summed E-state index contributed by atoms with van der Waals surface area (Å²) in [7, 11) is 0. The summed E-state index contributed by atoms with van der Waals surface area (Å²) in [5.41, 5.74) is 5.15. The van der Waals surface area contributed by atoms with Crippen molar-refractivity contribution in [3.05, 3.63) is 12.4 Å². The molecule has 3 aliphatic rings. The number of nitrogens with zero attached hydrogens (tertiary/aromatic N) is 2. The normalized spacial score (nSPS) is 35.8. The van der Waals surface area contributed by atoms with Crippen LogP contribution in [0.25, 0.3) is 0 Å². The lowest BCUT2D eigenvalue weighted by atomic mass is 9.63. The SMILES string of the molecule is C=C(F)C1([C@H](N)C(=O)N2[C@H](C#N)C[C@@H]3C[C@@H]32)CCC1. The smallest absolute Gasteiger partial charge is 0.241 e. The quantitative estimate of drug-likeness (QED) is 0.838. The molecular formula is C14H18FN3O. The number of piperidine rings is 1. The van der Waals surface area contributed by atoms with Crippen LogP contribution < -0.4 is 5.73 Å². The summed E-state index contributed by atoms with van der Waals surface area (Å²) in [4.78, 5) is 14.1. The van der Waals surface area contributed by atoms with Gasteiger partial charge in [-0.25, -0.2) is 4.39 Å². The first-order valence-electron chi connectivity index (χ1n) is 6.83. The minimum absolute atomic E-state index is 0.160. The molecule has 2 N–H and O–H groups in total. The topological polar surface area (TPSA) is 70.1 Å². The average molecular weight is 263 g/mol. The molecule has 2 aliphatic carbocycles. The molecule has 19 heavy (non-hydrogen) atoms. The minimum Gasteiger partial charge on any atom is -0.322 e. The lowest BCUT2D eigenvalue weighted by molar-refractivity contribution is -0.138. The molecule has 4 nitrogen and oxygen atoms in total. The van der Waals surface area contributed by atoms with Crippen LogP contribution in [0.4, 0.5) is 4.39 Å². The molecule has 2 saturated carbocycles. The maximum Gasteiger partial charge on any atom is 0.241 e. The summed E-state index contributed by atoms with van der Waals surface area (Å²) >= 11 is 0. The van der Waals surface area contributed by atoms with Gasteiger partial charge in [0.05, 0.1) is 12.1 Å². The Morgan fingerprint density at radius 2 is 2.21 bits per heavy atom. The van der Waals surface area contributed by atoms with Crippen molar-refractivity contribution in [3.8, 4) is 6.07 Å². The van der Waals surface area contributed by atoms with Crippen molar-refractivity contribution in [2.45, 2.75) is 50.2 Å². The second-order valence-electron chi connectivity index (χ2n) is 6.08. The van der Waals surface area contributed by atoms with E-state index in [-0.39, 0.29) is 18.0 Å². The molecule has 3 rings (SSSR count). The van der Waals surface area contributed by atoms with Crippen LogP contribution in [-0.2, 0) is 4.79 Å². The maximum atomic E-state index is 13.7. The third-order valence-electron chi connectivity index (χ3n) is 5.16. The molecule has 1 aliphatic heterocycles. The van der Waals surface area contributed by atoms with Crippen LogP contribution >= 0.6 is 0 Å². The van der Waals surface area contributed by atoms with Crippen molar-refractivity contribution in [1.82, 2.24) is 4.90 Å². The Balaban J connectivity index is 1.80. The molecule has 0 aromatic carbocycles. The number of nitriles is 1. The van der Waals surface area contributed by atoms with Crippen LogP contribution in [0, 0.1) is 22.7 Å². The maximum absolute atomic E-state index is 13.7. The Bertz CT molecular complexity index is 480. The van der Waals surface area contributed by atoms with Crippen LogP contribution in [0.1, 0.15) is 32.1 Å². The van der Waals surface area contributed by atoms with Gasteiger partial charge in [-0.05, 0) is 31.6 Å². The number of nitrogens with two attached hydrogens (primary N) is 1. The van der Waals surface area contributed by atoms with Crippen molar-refractivity contribution in [2.24, 2.45) is 17.1 Å². The zero-order valence-electron chi connectivity index (χ0n) is 10.8. The first kappa shape index (κ1) is 12.6. The predicted molar refractivity (Wildman–Crippen MR) is 67.3 cm³/mol. The first-order chi connectivity index (χ1) is 9.01. The van der Waals surface area contributed by atoms with Gasteiger partial charge in [-0.15, -0.1) is 0 Å². The van der Waals surface area contributed by atoms with Crippen LogP contribution in [0.2, 0.25) is 0 Å². The Morgan fingerprint density at radius 3 is 2.68 bits per heavy atom. The zero-order valence-corrected chi connectivity index (χ0v) is 10.8. The van der Waals surface area contributed by atoms with Gasteiger partial charge >= 0.3 is 0 Å². The van der Waals surface area contributed by atoms with Gasteiger partial charge in [-0.2, -0.15) is 5.26 Å². The number of hydrogen-bond donors (Lipinski definition) is 1. The van der Waals surface area contributed by atoms with Crippen molar-refractivity contribution >= 4 is 5.91 Å². The van der Waals surface area contributed by atoms with Crippen molar-refractivity contribution in [3.63, 3.8) is 0 Å². The number of carbonyl (C=O) groups is 1. The molecule has 5 heteroatoms. The van der Waals surface area contributed by atoms with Crippen molar-refractivity contribution in [2.75, 3.05) is 0 Å². The number of fused-ring (bicyclic) bond motifs is 1. The highest BCUT2D eigenvalue weighted by atomic mass is 19.1. The van der Waals surface area contributed by atoms with Gasteiger partial charge in [0.2, 0.25) is 5.91 Å². The van der Waals surface area contributed by atoms with Crippen LogP contribution in [0.15, 0.2) is 12.4 Å². The van der Waals surface area contributed by atoms with E-state index in [9.17, 15) is 9.18 Å². The van der Waals surface area contributed by atoms with Gasteiger partial charge in [-0.3, -0.25) is 4.79 Å². The number of amides is 1. The molecule has 0 radical (unpaired) electrons. The Hall–Kier alpha value is -1.41. The zero-order chi connectivity index (χ0) is 13.8. The fourth-order valence-electron chi connectivity index (χ4n) is 3.59. The number of hydrogen-bond acceptors (Lipinski definition) is 3. The number of carbonyl (C=O) groups excluding carboxylic acids is 1. The van der Waals surface area contributed by atoms with Crippen LogP contribution in [-0.4, -0.2) is 28.9 Å². The molecule has 4 atom stereocenters. The standard InChI is InChI=1S/C14H18FN3O/c1-8(15)14(3-2-4-14)12(17)13(19)18-10(7-16)5-9-6-11(9)18/h9-12H,1-6,17H2/t9-,10+,11+,12-/m1/s1. The summed E-state index contributed by atoms with van der Waals surface area (Å²) in [5.74, 6) is -0.304. The van der Waals surface area contributed by atoms with E-state index in [1.165, 1.54) is 0 Å². The van der Waals surface area contributed by atoms with Gasteiger partial charge in [0.25, 0.3) is 0 Å². The van der Waals surface area contributed by atoms with E-state index in [2.05, 4.69) is 12.6 Å². The molecule has 1 heterocycles. The summed E-state index contributed by atoms with van der Waals surface area (Å²) < 4.78 is 13.7. The molecule has 0 unspecified atom stereocenters. The van der Waals surface area contributed by atoms with E-state index in [1.54, 1.807) is 4.90 Å². The van der Waals surface area contributed by atoms with E-state index in [0.717, 1.165) is 19.3 Å². The summed E-state index contributed by atoms with van der Waals surface area (Å²) in [6, 6.07) is 1.04. The molecule has 0 spiro atoms. The molecule has 0 bridgehead atoms. The van der Waals surface area contributed by atoms with Gasteiger partial charge < -0.3 is 10.6 Å². The molecule has 3 fully saturated rings. The van der Waals surface area contributed by atoms with E-state index in [4.69, 9.17) is 11.0 Å². The fourth-order valence-corrected chi connectivity index (χ4v) is 3.59. The number of rotatable bonds is 3. The van der Waals surface area contributed by atoms with Gasteiger partial charge in [0.1, 0.15) is 11.9 Å². The largest absolute Gasteiger partial charge is 0.322 e. The monoisotopic (exact) mass is 263 g/mol. The Labute approximate surface area is 112 Å². The predicted octanol–water partition coefficient (Wildman–Crippen LogP) is 1.48. The molecule has 1 amide bonds. The summed E-state index contributed by atoms with van der Waals surface area (Å²) in [6.07, 6.45) is 3.73. The average Bonchev–Trinajstić information content (AvgIpc) is 2.97. The lowest BCUT2D eigenvalue weighted by Gasteiger charge is -2.45. The minimum atomic E-state index is -0.894. The fraction of sp³-hybridized carbons (Fsp3) is 0.714. The van der Waals surface area contributed by atoms with E-state index in [0.29, 0.717) is 18.8 Å².